The maximum Gasteiger partial charge on any atom is 0.257 e. The van der Waals surface area contributed by atoms with Crippen molar-refractivity contribution >= 4 is 27.7 Å². The predicted molar refractivity (Wildman–Crippen MR) is 86.8 cm³/mol. The van der Waals surface area contributed by atoms with Gasteiger partial charge in [-0.05, 0) is 25.1 Å². The number of halogens is 1. The van der Waals surface area contributed by atoms with Crippen molar-refractivity contribution in [1.82, 2.24) is 15.1 Å². The van der Waals surface area contributed by atoms with Gasteiger partial charge in [0.05, 0.1) is 12.1 Å². The molecule has 2 amide bonds. The van der Waals surface area contributed by atoms with Gasteiger partial charge in [-0.1, -0.05) is 15.9 Å². The van der Waals surface area contributed by atoms with Gasteiger partial charge in [0.15, 0.2) is 0 Å². The Morgan fingerprint density at radius 1 is 1.27 bits per heavy atom. The molecule has 1 aliphatic heterocycles. The fourth-order valence-electron chi connectivity index (χ4n) is 2.42. The number of nitrogens with zero attached hydrogens (tertiary/aromatic N) is 2. The van der Waals surface area contributed by atoms with E-state index in [1.807, 2.05) is 11.8 Å². The molecular weight excluding hydrogens is 350 g/mol. The number of hydrogen-bond donors (Lipinski definition) is 2. The third kappa shape index (κ3) is 4.20. The summed E-state index contributed by atoms with van der Waals surface area (Å²) in [6, 6.07) is 4.86. The van der Waals surface area contributed by atoms with Crippen LogP contribution in [0.15, 0.2) is 22.7 Å². The Morgan fingerprint density at radius 3 is 2.55 bits per heavy atom. The van der Waals surface area contributed by atoms with E-state index in [9.17, 15) is 14.7 Å². The van der Waals surface area contributed by atoms with E-state index >= 15 is 0 Å². The SMILES string of the molecule is CCNC(=O)CN1CCN(C(=O)c2ccc(Br)cc2O)CC1. The average Bonchev–Trinajstić information content (AvgIpc) is 2.47. The summed E-state index contributed by atoms with van der Waals surface area (Å²) >= 11 is 3.26. The minimum atomic E-state index is -0.178. The van der Waals surface area contributed by atoms with Crippen molar-refractivity contribution in [2.24, 2.45) is 0 Å². The molecule has 6 nitrogen and oxygen atoms in total. The molecule has 0 spiro atoms. The molecule has 1 aliphatic rings. The lowest BCUT2D eigenvalue weighted by atomic mass is 10.1. The van der Waals surface area contributed by atoms with Gasteiger partial charge >= 0.3 is 0 Å². The lowest BCUT2D eigenvalue weighted by Crippen LogP contribution is -2.51. The molecule has 0 bridgehead atoms. The lowest BCUT2D eigenvalue weighted by molar-refractivity contribution is -0.122. The zero-order valence-electron chi connectivity index (χ0n) is 12.5. The van der Waals surface area contributed by atoms with E-state index in [1.54, 1.807) is 17.0 Å². The second-order valence-corrected chi connectivity index (χ2v) is 6.10. The third-order valence-corrected chi connectivity index (χ3v) is 4.08. The molecule has 0 aromatic heterocycles. The number of hydrogen-bond acceptors (Lipinski definition) is 4. The van der Waals surface area contributed by atoms with E-state index in [4.69, 9.17) is 0 Å². The second-order valence-electron chi connectivity index (χ2n) is 5.18. The first-order valence-electron chi connectivity index (χ1n) is 7.28. The number of nitrogens with one attached hydrogen (secondary N) is 1. The molecule has 0 aliphatic carbocycles. The van der Waals surface area contributed by atoms with Crippen LogP contribution >= 0.6 is 15.9 Å². The van der Waals surface area contributed by atoms with Gasteiger partial charge in [-0.2, -0.15) is 0 Å². The molecule has 1 aromatic carbocycles. The zero-order valence-corrected chi connectivity index (χ0v) is 14.1. The molecule has 0 saturated carbocycles. The fraction of sp³-hybridized carbons (Fsp3) is 0.467. The van der Waals surface area contributed by atoms with E-state index in [0.717, 1.165) is 4.47 Å². The van der Waals surface area contributed by atoms with Gasteiger partial charge in [-0.15, -0.1) is 0 Å². The number of carbonyl (C=O) groups is 2. The quantitative estimate of drug-likeness (QED) is 0.831. The highest BCUT2D eigenvalue weighted by Gasteiger charge is 2.24. The van der Waals surface area contributed by atoms with E-state index in [-0.39, 0.29) is 17.6 Å². The highest BCUT2D eigenvalue weighted by molar-refractivity contribution is 9.10. The minimum Gasteiger partial charge on any atom is -0.507 e. The van der Waals surface area contributed by atoms with E-state index in [0.29, 0.717) is 44.8 Å². The Morgan fingerprint density at radius 2 is 1.95 bits per heavy atom. The van der Waals surface area contributed by atoms with Crippen LogP contribution < -0.4 is 5.32 Å². The maximum atomic E-state index is 12.4. The maximum absolute atomic E-state index is 12.4. The summed E-state index contributed by atoms with van der Waals surface area (Å²) in [7, 11) is 0. The van der Waals surface area contributed by atoms with E-state index in [1.165, 1.54) is 6.07 Å². The summed E-state index contributed by atoms with van der Waals surface area (Å²) in [5, 5.41) is 12.6. The Labute approximate surface area is 138 Å². The average molecular weight is 370 g/mol. The number of amides is 2. The van der Waals surface area contributed by atoms with Gasteiger partial charge < -0.3 is 15.3 Å². The summed E-state index contributed by atoms with van der Waals surface area (Å²) < 4.78 is 0.730. The minimum absolute atomic E-state index is 0.00725. The molecule has 0 atom stereocenters. The molecule has 1 saturated heterocycles. The zero-order chi connectivity index (χ0) is 16.1. The Bertz CT molecular complexity index is 557. The number of carbonyl (C=O) groups excluding carboxylic acids is 2. The predicted octanol–water partition coefficient (Wildman–Crippen LogP) is 1.05. The van der Waals surface area contributed by atoms with E-state index in [2.05, 4.69) is 21.2 Å². The van der Waals surface area contributed by atoms with Gasteiger partial charge in [0.25, 0.3) is 5.91 Å². The van der Waals surface area contributed by atoms with Crippen LogP contribution in [0.25, 0.3) is 0 Å². The number of likely N-dealkylation sites (N-methyl/N-ethyl adjacent to an activating group) is 1. The number of phenolic OH excluding ortho intramolecular Hbond substituents is 1. The molecule has 120 valence electrons. The van der Waals surface area contributed by atoms with Gasteiger partial charge in [0.2, 0.25) is 5.91 Å². The van der Waals surface area contributed by atoms with Crippen molar-refractivity contribution in [1.29, 1.82) is 0 Å². The standard InChI is InChI=1S/C15H20BrN3O3/c1-2-17-14(21)10-18-5-7-19(8-6-18)15(22)12-4-3-11(16)9-13(12)20/h3-4,9,20H,2,5-8,10H2,1H3,(H,17,21). The van der Waals surface area contributed by atoms with Crippen molar-refractivity contribution in [3.8, 4) is 5.75 Å². The summed E-state index contributed by atoms with van der Waals surface area (Å²) in [5.74, 6) is -0.195. The summed E-state index contributed by atoms with van der Waals surface area (Å²) in [5.41, 5.74) is 0.306. The molecule has 1 heterocycles. The summed E-state index contributed by atoms with van der Waals surface area (Å²) in [4.78, 5) is 27.7. The van der Waals surface area contributed by atoms with Crippen LogP contribution in [-0.2, 0) is 4.79 Å². The largest absolute Gasteiger partial charge is 0.507 e. The smallest absolute Gasteiger partial charge is 0.257 e. The molecule has 1 aromatic rings. The Balaban J connectivity index is 1.91. The van der Waals surface area contributed by atoms with Crippen molar-refractivity contribution in [2.75, 3.05) is 39.3 Å². The topological polar surface area (TPSA) is 72.9 Å². The molecule has 2 N–H and O–H groups in total. The van der Waals surface area contributed by atoms with Crippen LogP contribution in [0, 0.1) is 0 Å². The number of phenols is 1. The fourth-order valence-corrected chi connectivity index (χ4v) is 2.77. The molecule has 1 fully saturated rings. The first-order chi connectivity index (χ1) is 10.5. The summed E-state index contributed by atoms with van der Waals surface area (Å²) in [6.45, 7) is 5.28. The molecule has 7 heteroatoms. The van der Waals surface area contributed by atoms with Gasteiger partial charge in [-0.3, -0.25) is 14.5 Å². The van der Waals surface area contributed by atoms with Crippen LogP contribution in [0.4, 0.5) is 0 Å². The van der Waals surface area contributed by atoms with Crippen molar-refractivity contribution in [2.45, 2.75) is 6.92 Å². The van der Waals surface area contributed by atoms with Crippen molar-refractivity contribution in [3.63, 3.8) is 0 Å². The molecule has 0 radical (unpaired) electrons. The number of piperazine rings is 1. The Kier molecular flexibility index (Phi) is 5.79. The summed E-state index contributed by atoms with van der Waals surface area (Å²) in [6.07, 6.45) is 0. The van der Waals surface area contributed by atoms with Gasteiger partial charge in [-0.25, -0.2) is 0 Å². The van der Waals surface area contributed by atoms with E-state index < -0.39 is 0 Å². The first-order valence-corrected chi connectivity index (χ1v) is 8.07. The van der Waals surface area contributed by atoms with Crippen LogP contribution in [-0.4, -0.2) is 66.0 Å². The molecule has 22 heavy (non-hydrogen) atoms. The third-order valence-electron chi connectivity index (χ3n) is 3.59. The number of aromatic hydroxyl groups is 1. The van der Waals surface area contributed by atoms with Crippen molar-refractivity contribution in [3.05, 3.63) is 28.2 Å². The van der Waals surface area contributed by atoms with Crippen LogP contribution in [0.3, 0.4) is 0 Å². The lowest BCUT2D eigenvalue weighted by Gasteiger charge is -2.34. The number of rotatable bonds is 4. The highest BCUT2D eigenvalue weighted by atomic mass is 79.9. The van der Waals surface area contributed by atoms with Crippen LogP contribution in [0.1, 0.15) is 17.3 Å². The molecule has 2 rings (SSSR count). The van der Waals surface area contributed by atoms with Crippen LogP contribution in [0.2, 0.25) is 0 Å². The van der Waals surface area contributed by atoms with Gasteiger partial charge in [0.1, 0.15) is 5.75 Å². The molecule has 0 unspecified atom stereocenters. The van der Waals surface area contributed by atoms with Crippen molar-refractivity contribution < 1.29 is 14.7 Å². The second kappa shape index (κ2) is 7.60. The van der Waals surface area contributed by atoms with Gasteiger partial charge in [0, 0.05) is 37.2 Å². The Hall–Kier alpha value is -1.60. The molecular formula is C15H20BrN3O3. The monoisotopic (exact) mass is 369 g/mol. The normalized spacial score (nSPS) is 15.6. The highest BCUT2D eigenvalue weighted by Crippen LogP contribution is 2.24. The van der Waals surface area contributed by atoms with Crippen LogP contribution in [0.5, 0.6) is 5.75 Å². The number of benzene rings is 1. The first kappa shape index (κ1) is 16.8.